The Morgan fingerprint density at radius 1 is 1.79 bits per heavy atom. The average Bonchev–Trinajstić information content (AvgIpc) is 2.51. The number of ether oxygens (including phenoxy) is 1. The van der Waals surface area contributed by atoms with Gasteiger partial charge >= 0.3 is 4.87 Å². The zero-order chi connectivity index (χ0) is 9.97. The molecule has 1 aromatic rings. The van der Waals surface area contributed by atoms with Crippen molar-refractivity contribution in [3.63, 3.8) is 0 Å². The van der Waals surface area contributed by atoms with Crippen molar-refractivity contribution in [3.05, 3.63) is 20.7 Å². The van der Waals surface area contributed by atoms with Crippen molar-refractivity contribution in [1.82, 2.24) is 9.88 Å². The van der Waals surface area contributed by atoms with Crippen molar-refractivity contribution in [1.29, 1.82) is 0 Å². The van der Waals surface area contributed by atoms with Crippen LogP contribution in [0.5, 0.6) is 0 Å². The number of nitrogens with one attached hydrogen (secondary N) is 1. The molecule has 1 unspecified atom stereocenters. The molecule has 2 heterocycles. The van der Waals surface area contributed by atoms with E-state index >= 15 is 0 Å². The zero-order valence-corrected chi connectivity index (χ0v) is 8.97. The Bertz CT molecular complexity index is 352. The first-order valence-electron chi connectivity index (χ1n) is 4.74. The summed E-state index contributed by atoms with van der Waals surface area (Å²) in [7, 11) is 0. The molecule has 0 saturated carbocycles. The van der Waals surface area contributed by atoms with Crippen molar-refractivity contribution in [2.24, 2.45) is 0 Å². The summed E-state index contributed by atoms with van der Waals surface area (Å²) in [6.45, 7) is 5.10. The van der Waals surface area contributed by atoms with E-state index in [1.807, 2.05) is 12.3 Å². The van der Waals surface area contributed by atoms with Gasteiger partial charge in [0, 0.05) is 24.2 Å². The van der Waals surface area contributed by atoms with Gasteiger partial charge < -0.3 is 14.6 Å². The van der Waals surface area contributed by atoms with Crippen molar-refractivity contribution >= 4 is 11.3 Å². The lowest BCUT2D eigenvalue weighted by atomic mass is 10.3. The van der Waals surface area contributed by atoms with Crippen molar-refractivity contribution in [3.8, 4) is 0 Å². The van der Waals surface area contributed by atoms with Crippen LogP contribution in [0.3, 0.4) is 0 Å². The third-order valence-corrected chi connectivity index (χ3v) is 3.25. The molecule has 14 heavy (non-hydrogen) atoms. The normalized spacial score (nSPS) is 22.5. The molecule has 1 aliphatic rings. The Morgan fingerprint density at radius 3 is 3.21 bits per heavy atom. The maximum Gasteiger partial charge on any atom is 0.307 e. The second-order valence-corrected chi connectivity index (χ2v) is 4.27. The quantitative estimate of drug-likeness (QED) is 0.765. The van der Waals surface area contributed by atoms with Crippen LogP contribution in [-0.2, 0) is 11.3 Å². The largest absolute Gasteiger partial charge is 0.374 e. The number of aromatic nitrogens is 1. The maximum absolute atomic E-state index is 11.4. The first-order chi connectivity index (χ1) is 6.77. The average molecular weight is 214 g/mol. The number of aryl methyl sites for hydroxylation is 1. The smallest absolute Gasteiger partial charge is 0.307 e. The Labute approximate surface area is 86.5 Å². The number of nitrogens with zero attached hydrogens (tertiary/aromatic N) is 1. The molecule has 2 rings (SSSR count). The van der Waals surface area contributed by atoms with Gasteiger partial charge in [-0.3, -0.25) is 4.79 Å². The summed E-state index contributed by atoms with van der Waals surface area (Å²) in [4.78, 5) is 11.5. The van der Waals surface area contributed by atoms with Crippen LogP contribution in [0.2, 0.25) is 0 Å². The Morgan fingerprint density at radius 2 is 2.64 bits per heavy atom. The summed E-state index contributed by atoms with van der Waals surface area (Å²) < 4.78 is 7.32. The molecular weight excluding hydrogens is 200 g/mol. The van der Waals surface area contributed by atoms with E-state index in [4.69, 9.17) is 4.74 Å². The van der Waals surface area contributed by atoms with E-state index < -0.39 is 0 Å². The molecule has 78 valence electrons. The van der Waals surface area contributed by atoms with Crippen LogP contribution in [-0.4, -0.2) is 30.4 Å². The predicted octanol–water partition coefficient (Wildman–Crippen LogP) is 0.207. The van der Waals surface area contributed by atoms with Crippen LogP contribution >= 0.6 is 11.3 Å². The van der Waals surface area contributed by atoms with Gasteiger partial charge in [0.05, 0.1) is 19.3 Å². The summed E-state index contributed by atoms with van der Waals surface area (Å²) in [6, 6.07) is 0. The van der Waals surface area contributed by atoms with Crippen LogP contribution in [0.4, 0.5) is 0 Å². The van der Waals surface area contributed by atoms with E-state index in [9.17, 15) is 4.79 Å². The number of hydrogen-bond acceptors (Lipinski definition) is 4. The van der Waals surface area contributed by atoms with Gasteiger partial charge in [-0.15, -0.1) is 0 Å². The van der Waals surface area contributed by atoms with Gasteiger partial charge in [0.15, 0.2) is 0 Å². The fourth-order valence-electron chi connectivity index (χ4n) is 1.57. The highest BCUT2D eigenvalue weighted by atomic mass is 32.1. The van der Waals surface area contributed by atoms with Crippen LogP contribution in [0, 0.1) is 6.92 Å². The van der Waals surface area contributed by atoms with Crippen molar-refractivity contribution in [2.75, 3.05) is 19.7 Å². The predicted molar refractivity (Wildman–Crippen MR) is 55.9 cm³/mol. The fourth-order valence-corrected chi connectivity index (χ4v) is 2.31. The van der Waals surface area contributed by atoms with Crippen molar-refractivity contribution in [2.45, 2.75) is 19.6 Å². The van der Waals surface area contributed by atoms with Gasteiger partial charge in [-0.25, -0.2) is 0 Å². The van der Waals surface area contributed by atoms with Gasteiger partial charge in [-0.05, 0) is 6.92 Å². The summed E-state index contributed by atoms with van der Waals surface area (Å²) in [5.41, 5.74) is 1.02. The molecular formula is C9H14N2O2S. The second kappa shape index (κ2) is 4.25. The molecule has 1 aliphatic heterocycles. The Kier molecular flexibility index (Phi) is 3.00. The van der Waals surface area contributed by atoms with E-state index in [1.54, 1.807) is 4.57 Å². The molecule has 1 N–H and O–H groups in total. The lowest BCUT2D eigenvalue weighted by molar-refractivity contribution is 0.0176. The molecule has 0 aliphatic carbocycles. The van der Waals surface area contributed by atoms with Crippen LogP contribution in [0.25, 0.3) is 0 Å². The summed E-state index contributed by atoms with van der Waals surface area (Å²) in [6.07, 6.45) is 0.134. The minimum Gasteiger partial charge on any atom is -0.374 e. The van der Waals surface area contributed by atoms with Gasteiger partial charge in [0.25, 0.3) is 0 Å². The van der Waals surface area contributed by atoms with Crippen LogP contribution < -0.4 is 10.2 Å². The SMILES string of the molecule is Cc1csc(=O)n1CC1CNCCO1. The number of rotatable bonds is 2. The zero-order valence-electron chi connectivity index (χ0n) is 8.16. The minimum absolute atomic E-state index is 0.108. The monoisotopic (exact) mass is 214 g/mol. The molecule has 0 spiro atoms. The first-order valence-corrected chi connectivity index (χ1v) is 5.62. The number of hydrogen-bond donors (Lipinski definition) is 1. The molecule has 5 heteroatoms. The topological polar surface area (TPSA) is 43.3 Å². The molecule has 0 aromatic carbocycles. The molecule has 1 fully saturated rings. The third-order valence-electron chi connectivity index (χ3n) is 2.37. The summed E-state index contributed by atoms with van der Waals surface area (Å²) >= 11 is 1.25. The number of morpholine rings is 1. The summed E-state index contributed by atoms with van der Waals surface area (Å²) in [5.74, 6) is 0. The van der Waals surface area contributed by atoms with Crippen LogP contribution in [0.1, 0.15) is 5.69 Å². The highest BCUT2D eigenvalue weighted by Gasteiger charge is 2.15. The van der Waals surface area contributed by atoms with Gasteiger partial charge in [0.1, 0.15) is 0 Å². The van der Waals surface area contributed by atoms with Gasteiger partial charge in [-0.1, -0.05) is 11.3 Å². The Hall–Kier alpha value is -0.650. The van der Waals surface area contributed by atoms with E-state index in [0.717, 1.165) is 25.4 Å². The maximum atomic E-state index is 11.4. The number of thiazole rings is 1. The van der Waals surface area contributed by atoms with E-state index in [-0.39, 0.29) is 11.0 Å². The standard InChI is InChI=1S/C9H14N2O2S/c1-7-6-14-9(12)11(7)5-8-4-10-2-3-13-8/h6,8,10H,2-5H2,1H3. The molecule has 0 radical (unpaired) electrons. The van der Waals surface area contributed by atoms with E-state index in [0.29, 0.717) is 6.54 Å². The van der Waals surface area contributed by atoms with Gasteiger partial charge in [-0.2, -0.15) is 0 Å². The highest BCUT2D eigenvalue weighted by molar-refractivity contribution is 7.07. The molecule has 4 nitrogen and oxygen atoms in total. The minimum atomic E-state index is 0.108. The van der Waals surface area contributed by atoms with Crippen LogP contribution in [0.15, 0.2) is 10.2 Å². The summed E-state index contributed by atoms with van der Waals surface area (Å²) in [5, 5.41) is 5.14. The third kappa shape index (κ3) is 2.05. The fraction of sp³-hybridized carbons (Fsp3) is 0.667. The highest BCUT2D eigenvalue weighted by Crippen LogP contribution is 2.04. The van der Waals surface area contributed by atoms with E-state index in [1.165, 1.54) is 11.3 Å². The molecule has 1 saturated heterocycles. The molecule has 1 atom stereocenters. The molecule has 1 aromatic heterocycles. The molecule has 0 bridgehead atoms. The second-order valence-electron chi connectivity index (χ2n) is 3.45. The lowest BCUT2D eigenvalue weighted by Crippen LogP contribution is -2.42. The van der Waals surface area contributed by atoms with E-state index in [2.05, 4.69) is 5.32 Å². The molecule has 0 amide bonds. The first kappa shape index (κ1) is 9.89. The van der Waals surface area contributed by atoms with Gasteiger partial charge in [0.2, 0.25) is 0 Å². The van der Waals surface area contributed by atoms with Crippen molar-refractivity contribution < 1.29 is 4.74 Å². The Balaban J connectivity index is 2.06. The lowest BCUT2D eigenvalue weighted by Gasteiger charge is -2.24.